The van der Waals surface area contributed by atoms with Gasteiger partial charge >= 0.3 is 23.9 Å². The van der Waals surface area contributed by atoms with Crippen LogP contribution in [0.15, 0.2) is 17.1 Å². The summed E-state index contributed by atoms with van der Waals surface area (Å²) in [6.07, 6.45) is -2.50. The van der Waals surface area contributed by atoms with Crippen molar-refractivity contribution in [2.45, 2.75) is 89.8 Å². The minimum atomic E-state index is -3.92. The topological polar surface area (TPSA) is 138 Å². The maximum absolute atomic E-state index is 15.1. The predicted octanol–water partition coefficient (Wildman–Crippen LogP) is 3.61. The number of carbonyl (C=O) groups is 2. The van der Waals surface area contributed by atoms with E-state index in [9.17, 15) is 19.5 Å². The molecular formula is C22H33F2N3O8. The highest BCUT2D eigenvalue weighted by molar-refractivity contribution is 5.83. The van der Waals surface area contributed by atoms with Crippen molar-refractivity contribution in [3.05, 3.63) is 22.7 Å². The first kappa shape index (κ1) is 28.4. The van der Waals surface area contributed by atoms with Crippen LogP contribution in [-0.2, 0) is 18.9 Å². The summed E-state index contributed by atoms with van der Waals surface area (Å²) in [6.45, 7) is 5.93. The van der Waals surface area contributed by atoms with Crippen molar-refractivity contribution in [1.29, 1.82) is 0 Å². The van der Waals surface area contributed by atoms with Crippen LogP contribution in [0.1, 0.15) is 66.0 Å². The molecule has 2 N–H and O–H groups in total. The molecule has 1 fully saturated rings. The van der Waals surface area contributed by atoms with Gasteiger partial charge in [-0.25, -0.2) is 14.4 Å². The van der Waals surface area contributed by atoms with E-state index in [2.05, 4.69) is 17.2 Å². The van der Waals surface area contributed by atoms with E-state index < -0.39 is 54.5 Å². The van der Waals surface area contributed by atoms with Crippen LogP contribution in [0.25, 0.3) is 0 Å². The summed E-state index contributed by atoms with van der Waals surface area (Å²) in [7, 11) is 0. The van der Waals surface area contributed by atoms with Gasteiger partial charge in [0, 0.05) is 6.20 Å². The van der Waals surface area contributed by atoms with E-state index in [0.29, 0.717) is 11.0 Å². The summed E-state index contributed by atoms with van der Waals surface area (Å²) in [4.78, 5) is 39.8. The van der Waals surface area contributed by atoms with Gasteiger partial charge in [-0.1, -0.05) is 32.6 Å². The van der Waals surface area contributed by atoms with Crippen LogP contribution in [-0.4, -0.2) is 63.9 Å². The highest BCUT2D eigenvalue weighted by Gasteiger charge is 2.62. The summed E-state index contributed by atoms with van der Waals surface area (Å²) in [5.41, 5.74) is -2.17. The van der Waals surface area contributed by atoms with E-state index >= 15 is 8.78 Å². The molecule has 0 aromatic carbocycles. The smallest absolute Gasteiger partial charge is 0.449 e. The second-order valence-electron chi connectivity index (χ2n) is 9.06. The van der Waals surface area contributed by atoms with Crippen LogP contribution in [0, 0.1) is 0 Å². The van der Waals surface area contributed by atoms with E-state index in [1.54, 1.807) is 0 Å². The highest BCUT2D eigenvalue weighted by atomic mass is 19.3. The molecule has 2 rings (SSSR count). The van der Waals surface area contributed by atoms with Crippen molar-refractivity contribution in [1.82, 2.24) is 9.55 Å². The summed E-state index contributed by atoms with van der Waals surface area (Å²) in [5, 5.41) is 11.7. The van der Waals surface area contributed by atoms with E-state index in [1.807, 2.05) is 0 Å². The predicted molar refractivity (Wildman–Crippen MR) is 119 cm³/mol. The minimum absolute atomic E-state index is 0.191. The maximum Gasteiger partial charge on any atom is 0.509 e. The third-order valence-corrected chi connectivity index (χ3v) is 4.94. The quantitative estimate of drug-likeness (QED) is 0.361. The van der Waals surface area contributed by atoms with Gasteiger partial charge < -0.3 is 24.1 Å². The number of carbonyl (C=O) groups excluding carboxylic acids is 2. The van der Waals surface area contributed by atoms with Crippen LogP contribution >= 0.6 is 0 Å². The van der Waals surface area contributed by atoms with Crippen LogP contribution in [0.2, 0.25) is 0 Å². The lowest BCUT2D eigenvalue weighted by molar-refractivity contribution is -0.149. The Kier molecular flexibility index (Phi) is 9.95. The Morgan fingerprint density at radius 2 is 1.94 bits per heavy atom. The first-order chi connectivity index (χ1) is 16.4. The van der Waals surface area contributed by atoms with Crippen molar-refractivity contribution in [3.8, 4) is 0 Å². The molecule has 1 aromatic heterocycles. The third-order valence-electron chi connectivity index (χ3n) is 4.94. The second kappa shape index (κ2) is 12.2. The van der Waals surface area contributed by atoms with Gasteiger partial charge in [0.15, 0.2) is 0 Å². The number of unbranched alkanes of at least 4 members (excludes halogenated alkanes) is 4. The van der Waals surface area contributed by atoms with E-state index in [0.717, 1.165) is 37.9 Å². The Hall–Kier alpha value is -2.80. The number of alkyl halides is 2. The number of ether oxygens (including phenoxy) is 4. The zero-order valence-corrected chi connectivity index (χ0v) is 20.3. The number of aliphatic hydroxyl groups is 1. The van der Waals surface area contributed by atoms with Crippen LogP contribution in [0.3, 0.4) is 0 Å². The molecule has 0 bridgehead atoms. The Balaban J connectivity index is 2.04. The van der Waals surface area contributed by atoms with E-state index in [4.69, 9.17) is 18.9 Å². The van der Waals surface area contributed by atoms with Crippen molar-refractivity contribution in [2.75, 3.05) is 18.5 Å². The molecule has 11 nitrogen and oxygen atoms in total. The summed E-state index contributed by atoms with van der Waals surface area (Å²) in [6, 6.07) is 1.11. The Bertz CT molecular complexity index is 919. The molecule has 2 heterocycles. The van der Waals surface area contributed by atoms with Crippen molar-refractivity contribution in [3.63, 3.8) is 0 Å². The van der Waals surface area contributed by atoms with Gasteiger partial charge in [-0.3, -0.25) is 9.88 Å². The van der Waals surface area contributed by atoms with Gasteiger partial charge in [0.1, 0.15) is 17.5 Å². The van der Waals surface area contributed by atoms with Gasteiger partial charge in [0.25, 0.3) is 0 Å². The number of aromatic nitrogens is 2. The number of nitrogens with one attached hydrogen (secondary N) is 1. The van der Waals surface area contributed by atoms with Gasteiger partial charge in [-0.05, 0) is 33.3 Å². The maximum atomic E-state index is 15.1. The molecular weight excluding hydrogens is 472 g/mol. The highest BCUT2D eigenvalue weighted by Crippen LogP contribution is 2.44. The SMILES string of the molecule is CCCCCCCOC(=O)Nc1ccn([C@@H]2O[C@H](CO)[C@@H](OC(=O)OC(C)(C)C)C2(F)F)c(=O)n1. The fourth-order valence-electron chi connectivity index (χ4n) is 3.31. The Morgan fingerprint density at radius 3 is 2.54 bits per heavy atom. The molecule has 1 aliphatic rings. The molecule has 0 saturated carbocycles. The molecule has 0 spiro atoms. The number of halogens is 2. The number of hydrogen-bond donors (Lipinski definition) is 2. The standard InChI is InChI=1S/C22H33F2N3O8/c1-5-6-7-8-9-12-32-19(30)26-15-10-11-27(18(29)25-15)17-22(23,24)16(14(13-28)33-17)34-20(31)35-21(2,3)4/h10-11,14,16-17,28H,5-9,12-13H2,1-4H3,(H,25,26,29,30)/t14-,16-,17-/m1/s1. The van der Waals surface area contributed by atoms with Gasteiger partial charge in [-0.2, -0.15) is 13.8 Å². The molecule has 1 aromatic rings. The molecule has 0 unspecified atom stereocenters. The third kappa shape index (κ3) is 8.13. The summed E-state index contributed by atoms with van der Waals surface area (Å²) in [5.74, 6) is -4.12. The Morgan fingerprint density at radius 1 is 1.26 bits per heavy atom. The van der Waals surface area contributed by atoms with Crippen LogP contribution in [0.5, 0.6) is 0 Å². The largest absolute Gasteiger partial charge is 0.509 e. The number of aliphatic hydroxyl groups excluding tert-OH is 1. The summed E-state index contributed by atoms with van der Waals surface area (Å²) < 4.78 is 50.4. The second-order valence-corrected chi connectivity index (χ2v) is 9.06. The van der Waals surface area contributed by atoms with Crippen molar-refractivity contribution >= 4 is 18.1 Å². The number of hydrogen-bond acceptors (Lipinski definition) is 9. The van der Waals surface area contributed by atoms with E-state index in [1.165, 1.54) is 20.8 Å². The van der Waals surface area contributed by atoms with Gasteiger partial charge in [0.05, 0.1) is 13.2 Å². The average Bonchev–Trinajstić information content (AvgIpc) is 2.99. The zero-order valence-electron chi connectivity index (χ0n) is 20.3. The molecule has 198 valence electrons. The first-order valence-electron chi connectivity index (χ1n) is 11.5. The van der Waals surface area contributed by atoms with Crippen LogP contribution < -0.4 is 11.0 Å². The van der Waals surface area contributed by atoms with Gasteiger partial charge in [0.2, 0.25) is 12.3 Å². The normalized spacial score (nSPS) is 21.4. The number of amides is 1. The molecule has 1 saturated heterocycles. The lowest BCUT2D eigenvalue weighted by Gasteiger charge is -2.25. The molecule has 0 radical (unpaired) electrons. The lowest BCUT2D eigenvalue weighted by Crippen LogP contribution is -2.45. The molecule has 3 atom stereocenters. The van der Waals surface area contributed by atoms with Gasteiger partial charge in [-0.15, -0.1) is 0 Å². The average molecular weight is 506 g/mol. The van der Waals surface area contributed by atoms with E-state index in [-0.39, 0.29) is 12.4 Å². The molecule has 1 amide bonds. The summed E-state index contributed by atoms with van der Waals surface area (Å²) >= 11 is 0. The molecule has 1 aliphatic heterocycles. The molecule has 35 heavy (non-hydrogen) atoms. The zero-order chi connectivity index (χ0) is 26.2. The number of anilines is 1. The first-order valence-corrected chi connectivity index (χ1v) is 11.5. The fourth-order valence-corrected chi connectivity index (χ4v) is 3.31. The van der Waals surface area contributed by atoms with Crippen molar-refractivity contribution in [2.24, 2.45) is 0 Å². The Labute approximate surface area is 201 Å². The molecule has 13 heteroatoms. The van der Waals surface area contributed by atoms with Crippen molar-refractivity contribution < 1.29 is 42.4 Å². The number of rotatable bonds is 10. The van der Waals surface area contributed by atoms with Crippen LogP contribution in [0.4, 0.5) is 24.2 Å². The minimum Gasteiger partial charge on any atom is -0.449 e. The fraction of sp³-hybridized carbons (Fsp3) is 0.727. The monoisotopic (exact) mass is 505 g/mol. The number of nitrogens with zero attached hydrogens (tertiary/aromatic N) is 2. The lowest BCUT2D eigenvalue weighted by atomic mass is 10.1. The molecule has 0 aliphatic carbocycles.